The molecule has 1 aromatic carbocycles. The number of rotatable bonds is 4. The van der Waals surface area contributed by atoms with E-state index in [1.165, 1.54) is 6.07 Å². The average molecular weight is 322 g/mol. The van der Waals surface area contributed by atoms with Crippen LogP contribution in [0.15, 0.2) is 33.5 Å². The lowest BCUT2D eigenvalue weighted by atomic mass is 10.1. The molecule has 0 atom stereocenters. The Bertz CT molecular complexity index is 637. The fourth-order valence-electron chi connectivity index (χ4n) is 1.79. The van der Waals surface area contributed by atoms with Crippen molar-refractivity contribution >= 4 is 15.9 Å². The van der Waals surface area contributed by atoms with Crippen LogP contribution in [0.5, 0.6) is 0 Å². The summed E-state index contributed by atoms with van der Waals surface area (Å²) in [6.45, 7) is 5.48. The van der Waals surface area contributed by atoms with Gasteiger partial charge in [0.25, 0.3) is 5.56 Å². The SMILES string of the molecule is CCNCc1cc(=O)[nH]c(-c2ccc(C)cc2Br)n1. The predicted octanol–water partition coefficient (Wildman–Crippen LogP) is 2.62. The van der Waals surface area contributed by atoms with Crippen LogP contribution in [-0.2, 0) is 6.54 Å². The van der Waals surface area contributed by atoms with Crippen molar-refractivity contribution in [2.45, 2.75) is 20.4 Å². The summed E-state index contributed by atoms with van der Waals surface area (Å²) in [6.07, 6.45) is 0. The zero-order valence-electron chi connectivity index (χ0n) is 11.0. The maximum absolute atomic E-state index is 11.7. The monoisotopic (exact) mass is 321 g/mol. The third-order valence-electron chi connectivity index (χ3n) is 2.73. The van der Waals surface area contributed by atoms with E-state index in [0.29, 0.717) is 12.4 Å². The van der Waals surface area contributed by atoms with Gasteiger partial charge in [0.05, 0.1) is 5.69 Å². The summed E-state index contributed by atoms with van der Waals surface area (Å²) < 4.78 is 0.927. The summed E-state index contributed by atoms with van der Waals surface area (Å²) in [7, 11) is 0. The highest BCUT2D eigenvalue weighted by atomic mass is 79.9. The Morgan fingerprint density at radius 2 is 2.16 bits per heavy atom. The van der Waals surface area contributed by atoms with Gasteiger partial charge in [-0.3, -0.25) is 4.79 Å². The van der Waals surface area contributed by atoms with Crippen molar-refractivity contribution in [2.24, 2.45) is 0 Å². The smallest absolute Gasteiger partial charge is 0.251 e. The van der Waals surface area contributed by atoms with Crippen LogP contribution in [0.1, 0.15) is 18.2 Å². The second-order valence-corrected chi connectivity index (χ2v) is 5.20. The van der Waals surface area contributed by atoms with E-state index in [1.54, 1.807) is 0 Å². The fourth-order valence-corrected chi connectivity index (χ4v) is 2.47. The molecule has 0 spiro atoms. The van der Waals surface area contributed by atoms with E-state index < -0.39 is 0 Å². The quantitative estimate of drug-likeness (QED) is 0.910. The number of aromatic amines is 1. The number of nitrogens with zero attached hydrogens (tertiary/aromatic N) is 1. The molecule has 0 saturated carbocycles. The van der Waals surface area contributed by atoms with Crippen molar-refractivity contribution < 1.29 is 0 Å². The number of aromatic nitrogens is 2. The molecule has 1 heterocycles. The van der Waals surface area contributed by atoms with E-state index >= 15 is 0 Å². The molecule has 0 aliphatic rings. The number of H-pyrrole nitrogens is 1. The van der Waals surface area contributed by atoms with Crippen molar-refractivity contribution in [3.8, 4) is 11.4 Å². The molecule has 0 saturated heterocycles. The van der Waals surface area contributed by atoms with E-state index in [0.717, 1.165) is 27.8 Å². The molecule has 0 amide bonds. The van der Waals surface area contributed by atoms with Gasteiger partial charge in [-0.1, -0.05) is 28.9 Å². The summed E-state index contributed by atoms with van der Waals surface area (Å²) in [4.78, 5) is 18.9. The van der Waals surface area contributed by atoms with Crippen LogP contribution in [0.4, 0.5) is 0 Å². The van der Waals surface area contributed by atoms with Crippen LogP contribution in [0, 0.1) is 6.92 Å². The summed E-state index contributed by atoms with van der Waals surface area (Å²) in [6, 6.07) is 7.48. The summed E-state index contributed by atoms with van der Waals surface area (Å²) in [5, 5.41) is 3.17. The number of hydrogen-bond acceptors (Lipinski definition) is 3. The first-order valence-electron chi connectivity index (χ1n) is 6.17. The minimum Gasteiger partial charge on any atom is -0.311 e. The summed E-state index contributed by atoms with van der Waals surface area (Å²) in [5.41, 5.74) is 2.65. The Labute approximate surface area is 120 Å². The second-order valence-electron chi connectivity index (χ2n) is 4.35. The molecule has 0 bridgehead atoms. The van der Waals surface area contributed by atoms with Gasteiger partial charge in [0.2, 0.25) is 0 Å². The van der Waals surface area contributed by atoms with Gasteiger partial charge in [-0.25, -0.2) is 4.98 Å². The van der Waals surface area contributed by atoms with Crippen LogP contribution >= 0.6 is 15.9 Å². The van der Waals surface area contributed by atoms with E-state index in [9.17, 15) is 4.79 Å². The first kappa shape index (κ1) is 14.0. The van der Waals surface area contributed by atoms with E-state index in [-0.39, 0.29) is 5.56 Å². The molecule has 19 heavy (non-hydrogen) atoms. The number of nitrogens with one attached hydrogen (secondary N) is 2. The van der Waals surface area contributed by atoms with Gasteiger partial charge < -0.3 is 10.3 Å². The molecule has 4 nitrogen and oxygen atoms in total. The van der Waals surface area contributed by atoms with Crippen molar-refractivity contribution in [1.29, 1.82) is 0 Å². The van der Waals surface area contributed by atoms with Gasteiger partial charge in [-0.05, 0) is 31.2 Å². The number of hydrogen-bond donors (Lipinski definition) is 2. The van der Waals surface area contributed by atoms with Crippen LogP contribution < -0.4 is 10.9 Å². The third-order valence-corrected chi connectivity index (χ3v) is 3.39. The molecule has 0 unspecified atom stereocenters. The van der Waals surface area contributed by atoms with Crippen molar-refractivity contribution in [1.82, 2.24) is 15.3 Å². The Hall–Kier alpha value is -1.46. The lowest BCUT2D eigenvalue weighted by Crippen LogP contribution is -2.17. The first-order chi connectivity index (χ1) is 9.10. The molecule has 0 fully saturated rings. The molecule has 2 aromatic rings. The lowest BCUT2D eigenvalue weighted by molar-refractivity contribution is 0.708. The Morgan fingerprint density at radius 3 is 2.84 bits per heavy atom. The minimum absolute atomic E-state index is 0.134. The number of aryl methyl sites for hydroxylation is 1. The minimum atomic E-state index is -0.134. The predicted molar refractivity (Wildman–Crippen MR) is 80.1 cm³/mol. The van der Waals surface area contributed by atoms with Crippen molar-refractivity contribution in [3.05, 3.63) is 50.3 Å². The molecule has 1 aromatic heterocycles. The molecular weight excluding hydrogens is 306 g/mol. The van der Waals surface area contributed by atoms with Gasteiger partial charge in [0.1, 0.15) is 5.82 Å². The average Bonchev–Trinajstić information content (AvgIpc) is 2.35. The van der Waals surface area contributed by atoms with Gasteiger partial charge in [0, 0.05) is 22.6 Å². The molecule has 2 N–H and O–H groups in total. The van der Waals surface area contributed by atoms with Crippen molar-refractivity contribution in [3.63, 3.8) is 0 Å². The molecule has 0 radical (unpaired) electrons. The van der Waals surface area contributed by atoms with Gasteiger partial charge in [0.15, 0.2) is 0 Å². The molecule has 0 aliphatic carbocycles. The molecule has 2 rings (SSSR count). The van der Waals surface area contributed by atoms with Gasteiger partial charge in [-0.2, -0.15) is 0 Å². The van der Waals surface area contributed by atoms with Crippen LogP contribution in [-0.4, -0.2) is 16.5 Å². The Morgan fingerprint density at radius 1 is 1.37 bits per heavy atom. The van der Waals surface area contributed by atoms with E-state index in [1.807, 2.05) is 32.0 Å². The second kappa shape index (κ2) is 6.12. The normalized spacial score (nSPS) is 10.7. The third kappa shape index (κ3) is 3.52. The highest BCUT2D eigenvalue weighted by Crippen LogP contribution is 2.25. The van der Waals surface area contributed by atoms with Gasteiger partial charge >= 0.3 is 0 Å². The van der Waals surface area contributed by atoms with Crippen molar-refractivity contribution in [2.75, 3.05) is 6.54 Å². The largest absolute Gasteiger partial charge is 0.311 e. The zero-order chi connectivity index (χ0) is 13.8. The molecule has 5 heteroatoms. The Balaban J connectivity index is 2.44. The highest BCUT2D eigenvalue weighted by molar-refractivity contribution is 9.10. The van der Waals surface area contributed by atoms with Crippen LogP contribution in [0.3, 0.4) is 0 Å². The summed E-state index contributed by atoms with van der Waals surface area (Å²) >= 11 is 3.51. The van der Waals surface area contributed by atoms with Crippen LogP contribution in [0.2, 0.25) is 0 Å². The zero-order valence-corrected chi connectivity index (χ0v) is 12.5. The Kier molecular flexibility index (Phi) is 4.50. The topological polar surface area (TPSA) is 57.8 Å². The summed E-state index contributed by atoms with van der Waals surface area (Å²) in [5.74, 6) is 0.590. The van der Waals surface area contributed by atoms with Gasteiger partial charge in [-0.15, -0.1) is 0 Å². The first-order valence-corrected chi connectivity index (χ1v) is 6.97. The number of benzene rings is 1. The molecule has 100 valence electrons. The fraction of sp³-hybridized carbons (Fsp3) is 0.286. The maximum Gasteiger partial charge on any atom is 0.251 e. The highest BCUT2D eigenvalue weighted by Gasteiger charge is 2.07. The van der Waals surface area contributed by atoms with E-state index in [2.05, 4.69) is 31.2 Å². The maximum atomic E-state index is 11.7. The van der Waals surface area contributed by atoms with E-state index in [4.69, 9.17) is 0 Å². The molecule has 0 aliphatic heterocycles. The van der Waals surface area contributed by atoms with Crippen LogP contribution in [0.25, 0.3) is 11.4 Å². The standard InChI is InChI=1S/C14H16BrN3O/c1-3-16-8-10-7-13(19)18-14(17-10)11-5-4-9(2)6-12(11)15/h4-7,16H,3,8H2,1-2H3,(H,17,18,19). The molecular formula is C14H16BrN3O. The number of halogens is 1. The lowest BCUT2D eigenvalue weighted by Gasteiger charge is -2.07.